The number of nitrogens with one attached hydrogen (secondary N) is 1. The lowest BCUT2D eigenvalue weighted by atomic mass is 9.87. The first kappa shape index (κ1) is 21.2. The average molecular weight is 415 g/mol. The molecule has 0 aliphatic carbocycles. The van der Waals surface area contributed by atoms with E-state index in [1.807, 2.05) is 24.3 Å². The molecule has 29 heavy (non-hydrogen) atoms. The first-order valence-electron chi connectivity index (χ1n) is 9.83. The average Bonchev–Trinajstić information content (AvgIpc) is 3.09. The van der Waals surface area contributed by atoms with Crippen LogP contribution in [-0.4, -0.2) is 24.5 Å². The second-order valence-corrected chi connectivity index (χ2v) is 8.74. The monoisotopic (exact) mass is 414 g/mol. The number of hydrogen-bond donors (Lipinski definition) is 1. The second kappa shape index (κ2) is 8.46. The van der Waals surface area contributed by atoms with Crippen LogP contribution >= 0.6 is 11.6 Å². The van der Waals surface area contributed by atoms with Gasteiger partial charge in [-0.2, -0.15) is 0 Å². The third-order valence-electron chi connectivity index (χ3n) is 5.00. The van der Waals surface area contributed by atoms with Crippen LogP contribution in [0.2, 0.25) is 5.02 Å². The topological polar surface area (TPSA) is 58.6 Å². The molecule has 2 aromatic carbocycles. The Hall–Kier alpha value is -2.53. The molecule has 5 nitrogen and oxygen atoms in total. The number of halogens is 1. The number of rotatable bonds is 5. The molecule has 1 saturated heterocycles. The summed E-state index contributed by atoms with van der Waals surface area (Å²) in [5.74, 6) is 0.403. The zero-order chi connectivity index (χ0) is 21.2. The van der Waals surface area contributed by atoms with Gasteiger partial charge in [0.25, 0.3) is 5.91 Å². The van der Waals surface area contributed by atoms with E-state index in [0.29, 0.717) is 29.4 Å². The van der Waals surface area contributed by atoms with E-state index < -0.39 is 6.10 Å². The summed E-state index contributed by atoms with van der Waals surface area (Å²) in [4.78, 5) is 26.3. The predicted molar refractivity (Wildman–Crippen MR) is 117 cm³/mol. The lowest BCUT2D eigenvalue weighted by molar-refractivity contribution is -0.122. The lowest BCUT2D eigenvalue weighted by Crippen LogP contribution is -2.30. The summed E-state index contributed by atoms with van der Waals surface area (Å²) >= 11 is 6.25. The zero-order valence-electron chi connectivity index (χ0n) is 17.3. The highest BCUT2D eigenvalue weighted by molar-refractivity contribution is 6.34. The first-order valence-corrected chi connectivity index (χ1v) is 10.2. The van der Waals surface area contributed by atoms with Crippen molar-refractivity contribution in [2.24, 2.45) is 0 Å². The van der Waals surface area contributed by atoms with E-state index in [1.165, 1.54) is 5.56 Å². The predicted octanol–water partition coefficient (Wildman–Crippen LogP) is 5.17. The van der Waals surface area contributed by atoms with Crippen LogP contribution in [0.1, 0.15) is 46.1 Å². The Balaban J connectivity index is 1.67. The summed E-state index contributed by atoms with van der Waals surface area (Å²) in [5, 5.41) is 3.22. The number of amides is 2. The van der Waals surface area contributed by atoms with Crippen LogP contribution in [0.25, 0.3) is 0 Å². The van der Waals surface area contributed by atoms with Crippen molar-refractivity contribution >= 4 is 34.8 Å². The van der Waals surface area contributed by atoms with Crippen LogP contribution in [0, 0.1) is 0 Å². The maximum absolute atomic E-state index is 12.6. The second-order valence-electron chi connectivity index (χ2n) is 8.34. The van der Waals surface area contributed by atoms with Gasteiger partial charge in [0, 0.05) is 18.7 Å². The van der Waals surface area contributed by atoms with Crippen molar-refractivity contribution in [2.45, 2.75) is 52.1 Å². The molecule has 0 saturated carbocycles. The van der Waals surface area contributed by atoms with Crippen LogP contribution in [0.4, 0.5) is 11.4 Å². The van der Waals surface area contributed by atoms with Crippen LogP contribution in [0.15, 0.2) is 42.5 Å². The smallest absolute Gasteiger partial charge is 0.265 e. The number of benzene rings is 2. The number of hydrogen-bond acceptors (Lipinski definition) is 3. The fourth-order valence-corrected chi connectivity index (χ4v) is 3.39. The Kier molecular flexibility index (Phi) is 6.18. The van der Waals surface area contributed by atoms with Crippen molar-refractivity contribution in [3.05, 3.63) is 53.1 Å². The molecule has 1 unspecified atom stereocenters. The minimum absolute atomic E-state index is 0.0556. The lowest BCUT2D eigenvalue weighted by Gasteiger charge is -2.20. The van der Waals surface area contributed by atoms with Gasteiger partial charge >= 0.3 is 0 Å². The molecule has 1 aliphatic rings. The van der Waals surface area contributed by atoms with Gasteiger partial charge in [0.1, 0.15) is 5.75 Å². The van der Waals surface area contributed by atoms with Gasteiger partial charge < -0.3 is 15.0 Å². The fraction of sp³-hybridized carbons (Fsp3) is 0.391. The summed E-state index contributed by atoms with van der Waals surface area (Å²) in [6.07, 6.45) is 0.675. The molecule has 1 N–H and O–H groups in total. The van der Waals surface area contributed by atoms with Crippen molar-refractivity contribution in [3.8, 4) is 5.75 Å². The molecule has 1 aliphatic heterocycles. The minimum atomic E-state index is -0.705. The van der Waals surface area contributed by atoms with E-state index in [-0.39, 0.29) is 17.2 Å². The molecule has 0 aromatic heterocycles. The third-order valence-corrected chi connectivity index (χ3v) is 5.32. The summed E-state index contributed by atoms with van der Waals surface area (Å²) in [7, 11) is 0. The maximum Gasteiger partial charge on any atom is 0.265 e. The van der Waals surface area contributed by atoms with Crippen LogP contribution < -0.4 is 15.0 Å². The molecule has 2 aromatic rings. The molecule has 6 heteroatoms. The van der Waals surface area contributed by atoms with Crippen molar-refractivity contribution in [1.29, 1.82) is 0 Å². The van der Waals surface area contributed by atoms with Crippen molar-refractivity contribution in [2.75, 3.05) is 16.8 Å². The van der Waals surface area contributed by atoms with Crippen LogP contribution in [0.5, 0.6) is 5.75 Å². The molecule has 0 bridgehead atoms. The Bertz CT molecular complexity index is 903. The first-order chi connectivity index (χ1) is 13.6. The molecule has 0 spiro atoms. The highest BCUT2D eigenvalue weighted by Gasteiger charge is 2.23. The summed E-state index contributed by atoms with van der Waals surface area (Å²) in [5.41, 5.74) is 2.45. The molecule has 3 rings (SSSR count). The van der Waals surface area contributed by atoms with Crippen molar-refractivity contribution < 1.29 is 14.3 Å². The molecular formula is C23H27ClN2O3. The molecule has 1 fully saturated rings. The van der Waals surface area contributed by atoms with E-state index in [9.17, 15) is 9.59 Å². The van der Waals surface area contributed by atoms with Gasteiger partial charge in [0.15, 0.2) is 6.10 Å². The van der Waals surface area contributed by atoms with E-state index in [1.54, 1.807) is 30.0 Å². The van der Waals surface area contributed by atoms with Crippen LogP contribution in [-0.2, 0) is 15.0 Å². The van der Waals surface area contributed by atoms with Crippen molar-refractivity contribution in [1.82, 2.24) is 0 Å². The zero-order valence-corrected chi connectivity index (χ0v) is 18.0. The van der Waals surface area contributed by atoms with Gasteiger partial charge in [-0.05, 0) is 54.7 Å². The fourth-order valence-electron chi connectivity index (χ4n) is 3.22. The SMILES string of the molecule is CC(Oc1ccc(C(C)(C)C)cc1)C(=O)Nc1cc(N2CCCC2=O)ccc1Cl. The van der Waals surface area contributed by atoms with Gasteiger partial charge in [0.2, 0.25) is 5.91 Å². The Labute approximate surface area is 177 Å². The maximum atomic E-state index is 12.6. The summed E-state index contributed by atoms with van der Waals surface area (Å²) < 4.78 is 5.78. The van der Waals surface area contributed by atoms with Gasteiger partial charge in [-0.25, -0.2) is 0 Å². The molecule has 154 valence electrons. The molecule has 1 heterocycles. The van der Waals surface area contributed by atoms with E-state index in [2.05, 4.69) is 26.1 Å². The van der Waals surface area contributed by atoms with Gasteiger partial charge in [-0.1, -0.05) is 44.5 Å². The molecule has 2 amide bonds. The Morgan fingerprint density at radius 1 is 1.17 bits per heavy atom. The highest BCUT2D eigenvalue weighted by Crippen LogP contribution is 2.30. The molecule has 1 atom stereocenters. The number of anilines is 2. The van der Waals surface area contributed by atoms with E-state index in [0.717, 1.165) is 12.1 Å². The van der Waals surface area contributed by atoms with Gasteiger partial charge in [-0.3, -0.25) is 9.59 Å². The van der Waals surface area contributed by atoms with Gasteiger partial charge in [0.05, 0.1) is 10.7 Å². The van der Waals surface area contributed by atoms with E-state index >= 15 is 0 Å². The number of carbonyl (C=O) groups is 2. The highest BCUT2D eigenvalue weighted by atomic mass is 35.5. The largest absolute Gasteiger partial charge is 0.481 e. The number of ether oxygens (including phenoxy) is 1. The van der Waals surface area contributed by atoms with Gasteiger partial charge in [-0.15, -0.1) is 0 Å². The Morgan fingerprint density at radius 3 is 2.45 bits per heavy atom. The van der Waals surface area contributed by atoms with E-state index in [4.69, 9.17) is 16.3 Å². The van der Waals surface area contributed by atoms with Crippen molar-refractivity contribution in [3.63, 3.8) is 0 Å². The van der Waals surface area contributed by atoms with Crippen LogP contribution in [0.3, 0.4) is 0 Å². The number of carbonyl (C=O) groups excluding carboxylic acids is 2. The summed E-state index contributed by atoms with van der Waals surface area (Å²) in [6.45, 7) is 8.80. The number of nitrogens with zero attached hydrogens (tertiary/aromatic N) is 1. The molecule has 0 radical (unpaired) electrons. The summed E-state index contributed by atoms with van der Waals surface area (Å²) in [6, 6.07) is 13.0. The third kappa shape index (κ3) is 5.10. The minimum Gasteiger partial charge on any atom is -0.481 e. The molecular weight excluding hydrogens is 388 g/mol. The normalized spacial score (nSPS) is 15.3. The standard InChI is InChI=1S/C23H27ClN2O3/c1-15(29-18-10-7-16(8-11-18)23(2,3)4)22(28)25-20-14-17(9-12-19(20)24)26-13-5-6-21(26)27/h7-12,14-15H,5-6,13H2,1-4H3,(H,25,28). The Morgan fingerprint density at radius 2 is 1.86 bits per heavy atom. The quantitative estimate of drug-likeness (QED) is 0.734.